The van der Waals surface area contributed by atoms with E-state index in [0.29, 0.717) is 18.7 Å². The van der Waals surface area contributed by atoms with Gasteiger partial charge in [0.15, 0.2) is 0 Å². The van der Waals surface area contributed by atoms with E-state index in [1.165, 1.54) is 17.4 Å². The van der Waals surface area contributed by atoms with Crippen molar-refractivity contribution in [2.45, 2.75) is 18.9 Å². The molecule has 6 nitrogen and oxygen atoms in total. The van der Waals surface area contributed by atoms with Crippen LogP contribution in [-0.2, 0) is 4.79 Å². The number of hydrogen-bond acceptors (Lipinski definition) is 4. The van der Waals surface area contributed by atoms with E-state index in [1.54, 1.807) is 6.07 Å². The molecule has 3 N–H and O–H groups in total. The van der Waals surface area contributed by atoms with Crippen molar-refractivity contribution in [3.8, 4) is 10.6 Å². The molecule has 1 atom stereocenters. The van der Waals surface area contributed by atoms with Gasteiger partial charge < -0.3 is 15.6 Å². The molecular weight excluding hydrogens is 302 g/mol. The molecule has 0 saturated carbocycles. The van der Waals surface area contributed by atoms with Gasteiger partial charge in [0.25, 0.3) is 11.5 Å². The molecule has 0 aliphatic carbocycles. The number of amides is 2. The van der Waals surface area contributed by atoms with Crippen molar-refractivity contribution in [1.82, 2.24) is 15.6 Å². The topological polar surface area (TPSA) is 91.1 Å². The first-order valence-corrected chi connectivity index (χ1v) is 7.89. The third-order valence-corrected chi connectivity index (χ3v) is 4.43. The Hall–Kier alpha value is -2.41. The van der Waals surface area contributed by atoms with Crippen molar-refractivity contribution in [2.75, 3.05) is 6.54 Å². The van der Waals surface area contributed by atoms with Crippen LogP contribution in [0.4, 0.5) is 0 Å². The lowest BCUT2D eigenvalue weighted by Crippen LogP contribution is -2.50. The van der Waals surface area contributed by atoms with Crippen LogP contribution in [0, 0.1) is 0 Å². The Balaban J connectivity index is 1.78. The summed E-state index contributed by atoms with van der Waals surface area (Å²) in [5, 5.41) is 7.22. The average molecular weight is 317 g/mol. The molecule has 0 unspecified atom stereocenters. The lowest BCUT2D eigenvalue weighted by Gasteiger charge is -2.22. The number of thiophene rings is 1. The summed E-state index contributed by atoms with van der Waals surface area (Å²) in [6.07, 6.45) is 1.40. The Morgan fingerprint density at radius 3 is 2.82 bits per heavy atom. The van der Waals surface area contributed by atoms with Crippen molar-refractivity contribution in [3.63, 3.8) is 0 Å². The van der Waals surface area contributed by atoms with Crippen LogP contribution in [0.2, 0.25) is 0 Å². The van der Waals surface area contributed by atoms with Gasteiger partial charge in [-0.2, -0.15) is 0 Å². The Labute approximate surface area is 130 Å². The van der Waals surface area contributed by atoms with Gasteiger partial charge in [0.05, 0.1) is 10.6 Å². The van der Waals surface area contributed by atoms with Crippen LogP contribution in [0.3, 0.4) is 0 Å². The summed E-state index contributed by atoms with van der Waals surface area (Å²) in [4.78, 5) is 39.5. The van der Waals surface area contributed by atoms with Crippen LogP contribution in [0.1, 0.15) is 23.2 Å². The maximum absolute atomic E-state index is 12.2. The maximum atomic E-state index is 12.2. The number of aromatic nitrogens is 1. The van der Waals surface area contributed by atoms with Gasteiger partial charge in [0.2, 0.25) is 5.91 Å². The quantitative estimate of drug-likeness (QED) is 0.792. The Morgan fingerprint density at radius 2 is 2.14 bits per heavy atom. The molecule has 0 spiro atoms. The zero-order valence-electron chi connectivity index (χ0n) is 11.7. The number of piperidine rings is 1. The lowest BCUT2D eigenvalue weighted by atomic mass is 10.1. The van der Waals surface area contributed by atoms with Crippen LogP contribution in [0.15, 0.2) is 34.4 Å². The summed E-state index contributed by atoms with van der Waals surface area (Å²) in [7, 11) is 0. The van der Waals surface area contributed by atoms with E-state index in [-0.39, 0.29) is 11.5 Å². The first kappa shape index (κ1) is 14.5. The van der Waals surface area contributed by atoms with Gasteiger partial charge >= 0.3 is 0 Å². The van der Waals surface area contributed by atoms with E-state index >= 15 is 0 Å². The third kappa shape index (κ3) is 2.94. The molecule has 114 valence electrons. The molecule has 1 fully saturated rings. The maximum Gasteiger partial charge on any atom is 0.261 e. The second-order valence-electron chi connectivity index (χ2n) is 5.05. The van der Waals surface area contributed by atoms with Crippen LogP contribution in [0.25, 0.3) is 10.6 Å². The number of rotatable bonds is 3. The number of hydrogen-bond donors (Lipinski definition) is 3. The summed E-state index contributed by atoms with van der Waals surface area (Å²) in [6.45, 7) is 0.626. The second-order valence-corrected chi connectivity index (χ2v) is 6.00. The molecular formula is C15H15N3O3S. The van der Waals surface area contributed by atoms with E-state index < -0.39 is 17.5 Å². The van der Waals surface area contributed by atoms with Crippen molar-refractivity contribution >= 4 is 23.2 Å². The molecule has 3 heterocycles. The third-order valence-electron chi connectivity index (χ3n) is 3.53. The minimum absolute atomic E-state index is 0.0127. The summed E-state index contributed by atoms with van der Waals surface area (Å²) >= 11 is 1.50. The van der Waals surface area contributed by atoms with E-state index in [2.05, 4.69) is 15.6 Å². The summed E-state index contributed by atoms with van der Waals surface area (Å²) in [5.74, 6) is -0.729. The fourth-order valence-electron chi connectivity index (χ4n) is 2.37. The van der Waals surface area contributed by atoms with Crippen LogP contribution in [0.5, 0.6) is 0 Å². The fourth-order valence-corrected chi connectivity index (χ4v) is 3.08. The van der Waals surface area contributed by atoms with Crippen molar-refractivity contribution in [2.24, 2.45) is 0 Å². The SMILES string of the molecule is O=C(N[C@H]1CCCNC1=O)c1ccc(-c2cccs2)[nH]c1=O. The highest BCUT2D eigenvalue weighted by atomic mass is 32.1. The first-order chi connectivity index (χ1) is 10.6. The van der Waals surface area contributed by atoms with Gasteiger partial charge in [-0.15, -0.1) is 11.3 Å². The largest absolute Gasteiger partial charge is 0.354 e. The molecule has 22 heavy (non-hydrogen) atoms. The van der Waals surface area contributed by atoms with Crippen molar-refractivity contribution in [1.29, 1.82) is 0 Å². The normalized spacial score (nSPS) is 17.8. The van der Waals surface area contributed by atoms with Gasteiger partial charge in [-0.3, -0.25) is 14.4 Å². The highest BCUT2D eigenvalue weighted by Crippen LogP contribution is 2.21. The predicted octanol–water partition coefficient (Wildman–Crippen LogP) is 1.11. The summed E-state index contributed by atoms with van der Waals surface area (Å²) in [6, 6.07) is 6.40. The first-order valence-electron chi connectivity index (χ1n) is 7.01. The number of nitrogens with one attached hydrogen (secondary N) is 3. The molecule has 1 aliphatic rings. The van der Waals surface area contributed by atoms with Gasteiger partial charge in [0.1, 0.15) is 11.6 Å². The smallest absolute Gasteiger partial charge is 0.261 e. The molecule has 1 aliphatic heterocycles. The zero-order valence-corrected chi connectivity index (χ0v) is 12.5. The zero-order chi connectivity index (χ0) is 15.5. The molecule has 2 aromatic rings. The number of aromatic amines is 1. The predicted molar refractivity (Wildman–Crippen MR) is 83.9 cm³/mol. The summed E-state index contributed by atoms with van der Waals surface area (Å²) in [5.41, 5.74) is 0.227. The van der Waals surface area contributed by atoms with E-state index in [1.807, 2.05) is 17.5 Å². The van der Waals surface area contributed by atoms with Crippen molar-refractivity contribution < 1.29 is 9.59 Å². The molecule has 0 radical (unpaired) electrons. The molecule has 2 amide bonds. The standard InChI is InChI=1S/C15H15N3O3S/c19-13-9(5-6-10(17-13)12-4-2-8-22-12)14(20)18-11-3-1-7-16-15(11)21/h2,4-6,8,11H,1,3,7H2,(H,16,21)(H,17,19)(H,18,20)/t11-/m0/s1. The Kier molecular flexibility index (Phi) is 4.06. The van der Waals surface area contributed by atoms with Crippen LogP contribution < -0.4 is 16.2 Å². The molecule has 0 bridgehead atoms. The molecule has 0 aromatic carbocycles. The van der Waals surface area contributed by atoms with E-state index in [9.17, 15) is 14.4 Å². The molecule has 3 rings (SSSR count). The fraction of sp³-hybridized carbons (Fsp3) is 0.267. The van der Waals surface area contributed by atoms with Gasteiger partial charge in [0, 0.05) is 6.54 Å². The van der Waals surface area contributed by atoms with E-state index in [0.717, 1.165) is 11.3 Å². The summed E-state index contributed by atoms with van der Waals surface area (Å²) < 4.78 is 0. The minimum atomic E-state index is -0.572. The number of carbonyl (C=O) groups is 2. The second kappa shape index (κ2) is 6.15. The Morgan fingerprint density at radius 1 is 1.27 bits per heavy atom. The Bertz CT molecular complexity index is 752. The molecule has 1 saturated heterocycles. The average Bonchev–Trinajstić information content (AvgIpc) is 3.03. The molecule has 2 aromatic heterocycles. The monoisotopic (exact) mass is 317 g/mol. The van der Waals surface area contributed by atoms with Crippen LogP contribution >= 0.6 is 11.3 Å². The van der Waals surface area contributed by atoms with Crippen LogP contribution in [-0.4, -0.2) is 29.4 Å². The highest BCUT2D eigenvalue weighted by molar-refractivity contribution is 7.13. The van der Waals surface area contributed by atoms with Gasteiger partial charge in [-0.25, -0.2) is 0 Å². The lowest BCUT2D eigenvalue weighted by molar-refractivity contribution is -0.124. The number of H-pyrrole nitrogens is 1. The number of carbonyl (C=O) groups excluding carboxylic acids is 2. The minimum Gasteiger partial charge on any atom is -0.354 e. The number of pyridine rings is 1. The van der Waals surface area contributed by atoms with Gasteiger partial charge in [-0.05, 0) is 36.4 Å². The molecule has 7 heteroatoms. The van der Waals surface area contributed by atoms with Gasteiger partial charge in [-0.1, -0.05) is 6.07 Å². The van der Waals surface area contributed by atoms with E-state index in [4.69, 9.17) is 0 Å². The highest BCUT2D eigenvalue weighted by Gasteiger charge is 2.24. The van der Waals surface area contributed by atoms with Crippen molar-refractivity contribution in [3.05, 3.63) is 45.6 Å².